The second-order valence-electron chi connectivity index (χ2n) is 9.89. The summed E-state index contributed by atoms with van der Waals surface area (Å²) in [5, 5.41) is 8.65. The number of carbonyl (C=O) groups is 1. The molecule has 0 fully saturated rings. The van der Waals surface area contributed by atoms with Gasteiger partial charge in [-0.25, -0.2) is 4.39 Å². The molecule has 0 aliphatic rings. The number of Topliss-reactive ketones (excluding diaryl/α,β-unsaturated/α-hetero) is 1. The maximum absolute atomic E-state index is 13.5. The van der Waals surface area contributed by atoms with Gasteiger partial charge in [-0.15, -0.1) is 0 Å². The highest BCUT2D eigenvalue weighted by Gasteiger charge is 2.47. The van der Waals surface area contributed by atoms with Crippen LogP contribution >= 0.6 is 0 Å². The van der Waals surface area contributed by atoms with Gasteiger partial charge < -0.3 is 0 Å². The number of nitrogens with zero attached hydrogens (tertiary/aromatic N) is 2. The summed E-state index contributed by atoms with van der Waals surface area (Å²) in [6, 6.07) is 4.78. The van der Waals surface area contributed by atoms with Crippen LogP contribution in [0, 0.1) is 34.9 Å². The first kappa shape index (κ1) is 32.0. The molecule has 0 aliphatic carbocycles. The lowest BCUT2D eigenvalue weighted by molar-refractivity contribution is -0.213. The molecule has 0 spiro atoms. The summed E-state index contributed by atoms with van der Waals surface area (Å²) in [5.41, 5.74) is 0.854. The average molecular weight is 459 g/mol. The van der Waals surface area contributed by atoms with Crippen LogP contribution in [0.25, 0.3) is 0 Å². The van der Waals surface area contributed by atoms with Crippen LogP contribution in [0.1, 0.15) is 92.7 Å². The Labute approximate surface area is 190 Å². The molecule has 0 amide bonds. The first-order valence-electron chi connectivity index (χ1n) is 10.6. The number of aryl methyl sites for hydroxylation is 1. The van der Waals surface area contributed by atoms with Crippen molar-refractivity contribution in [2.75, 3.05) is 0 Å². The van der Waals surface area contributed by atoms with Crippen molar-refractivity contribution in [2.24, 2.45) is 15.8 Å². The number of benzene rings is 1. The predicted molar refractivity (Wildman–Crippen MR) is 124 cm³/mol. The number of carbonyl (C=O) groups excluding carboxylic acids is 1. The maximum atomic E-state index is 13.5. The zero-order chi connectivity index (χ0) is 25.9. The molecule has 0 saturated heterocycles. The normalized spacial score (nSPS) is 12.1. The van der Waals surface area contributed by atoms with Gasteiger partial charge in [0.15, 0.2) is 0 Å². The van der Waals surface area contributed by atoms with Gasteiger partial charge in [-0.1, -0.05) is 55.4 Å². The Morgan fingerprint density at radius 1 is 1.03 bits per heavy atom. The Morgan fingerprint density at radius 2 is 1.50 bits per heavy atom. The Bertz CT molecular complexity index is 782. The molecular weight excluding hydrogens is 420 g/mol. The zero-order valence-corrected chi connectivity index (χ0v) is 21.1. The van der Waals surface area contributed by atoms with Crippen LogP contribution in [0.4, 0.5) is 23.2 Å². The monoisotopic (exact) mass is 458 g/mol. The largest absolute Gasteiger partial charge is 0.394 e. The molecule has 0 atom stereocenters. The van der Waals surface area contributed by atoms with Crippen molar-refractivity contribution in [3.05, 3.63) is 29.1 Å². The molecule has 0 saturated carbocycles. The molecule has 0 N–H and O–H groups in total. The van der Waals surface area contributed by atoms with Gasteiger partial charge in [-0.2, -0.15) is 18.4 Å². The molecule has 1 aromatic rings. The molecule has 1 aromatic carbocycles. The lowest BCUT2D eigenvalue weighted by Gasteiger charge is -2.26. The number of rotatable bonds is 5. The van der Waals surface area contributed by atoms with Gasteiger partial charge in [0.05, 0.1) is 17.0 Å². The number of hydrogen-bond donors (Lipinski definition) is 0. The predicted octanol–water partition coefficient (Wildman–Crippen LogP) is 8.50. The number of alkyl halides is 3. The molecular formula is C25H38F4N2O. The Kier molecular flexibility index (Phi) is 13.3. The highest BCUT2D eigenvalue weighted by atomic mass is 19.4. The molecule has 182 valence electrons. The molecule has 0 aliphatic heterocycles. The van der Waals surface area contributed by atoms with Crippen molar-refractivity contribution in [1.29, 1.82) is 5.26 Å². The maximum Gasteiger partial charge on any atom is 0.394 e. The van der Waals surface area contributed by atoms with Crippen molar-refractivity contribution in [3.63, 3.8) is 0 Å². The molecule has 0 radical (unpaired) electrons. The van der Waals surface area contributed by atoms with Crippen LogP contribution in [0.3, 0.4) is 0 Å². The zero-order valence-electron chi connectivity index (χ0n) is 21.1. The van der Waals surface area contributed by atoms with Gasteiger partial charge in [0.25, 0.3) is 0 Å². The summed E-state index contributed by atoms with van der Waals surface area (Å²) in [7, 11) is 0. The molecule has 0 unspecified atom stereocenters. The SMILES string of the molecule is CC(C)(C)C.CCC(=O)CC(C)(C)C(F)(F)F.CCC(C)=Nc1c(C)cc(C#N)cc1F. The minimum Gasteiger partial charge on any atom is -0.300 e. The van der Waals surface area contributed by atoms with Gasteiger partial charge >= 0.3 is 6.18 Å². The molecule has 3 nitrogen and oxygen atoms in total. The van der Waals surface area contributed by atoms with Crippen molar-refractivity contribution in [3.8, 4) is 6.07 Å². The number of ketones is 1. The molecule has 0 aromatic heterocycles. The second-order valence-corrected chi connectivity index (χ2v) is 9.89. The minimum absolute atomic E-state index is 0.166. The number of halogens is 4. The smallest absolute Gasteiger partial charge is 0.300 e. The third-order valence-corrected chi connectivity index (χ3v) is 4.00. The van der Waals surface area contributed by atoms with Crippen molar-refractivity contribution in [2.45, 2.75) is 94.7 Å². The summed E-state index contributed by atoms with van der Waals surface area (Å²) >= 11 is 0. The number of aliphatic imine (C=N–C) groups is 1. The van der Waals surface area contributed by atoms with Crippen LogP contribution in [-0.2, 0) is 4.79 Å². The van der Waals surface area contributed by atoms with E-state index in [0.29, 0.717) is 22.2 Å². The molecule has 0 bridgehead atoms. The van der Waals surface area contributed by atoms with Crippen LogP contribution in [0.2, 0.25) is 0 Å². The highest BCUT2D eigenvalue weighted by Crippen LogP contribution is 2.40. The van der Waals surface area contributed by atoms with E-state index in [4.69, 9.17) is 5.26 Å². The van der Waals surface area contributed by atoms with E-state index >= 15 is 0 Å². The lowest BCUT2D eigenvalue weighted by atomic mass is 9.86. The van der Waals surface area contributed by atoms with Crippen LogP contribution < -0.4 is 0 Å². The number of hydrogen-bond acceptors (Lipinski definition) is 3. The Morgan fingerprint density at radius 3 is 1.81 bits per heavy atom. The van der Waals surface area contributed by atoms with E-state index in [2.05, 4.69) is 32.7 Å². The van der Waals surface area contributed by atoms with E-state index in [0.717, 1.165) is 26.0 Å². The topological polar surface area (TPSA) is 53.2 Å². The van der Waals surface area contributed by atoms with E-state index < -0.39 is 23.8 Å². The minimum atomic E-state index is -4.29. The van der Waals surface area contributed by atoms with Gasteiger partial charge in [0.2, 0.25) is 0 Å². The third kappa shape index (κ3) is 14.0. The Balaban J connectivity index is 0. The van der Waals surface area contributed by atoms with Crippen LogP contribution in [-0.4, -0.2) is 17.7 Å². The van der Waals surface area contributed by atoms with E-state index in [1.54, 1.807) is 19.9 Å². The first-order chi connectivity index (χ1) is 14.3. The van der Waals surface area contributed by atoms with E-state index in [1.165, 1.54) is 6.07 Å². The fourth-order valence-electron chi connectivity index (χ4n) is 1.93. The van der Waals surface area contributed by atoms with Gasteiger partial charge in [-0.3, -0.25) is 9.79 Å². The summed E-state index contributed by atoms with van der Waals surface area (Å²) < 4.78 is 50.1. The van der Waals surface area contributed by atoms with Crippen LogP contribution in [0.5, 0.6) is 0 Å². The van der Waals surface area contributed by atoms with Gasteiger partial charge in [-0.05, 0) is 43.4 Å². The molecule has 32 heavy (non-hydrogen) atoms. The van der Waals surface area contributed by atoms with E-state index in [1.807, 2.05) is 19.9 Å². The standard InChI is InChI=1S/C12H13FN2.C8H13F3O.C5H12/c1-4-9(3)15-12-8(2)5-10(7-14)6-11(12)13;1-4-6(12)5-7(2,3)8(9,10)11;1-5(2,3)4/h5-6H,4H2,1-3H3;4-5H2,1-3H3;1-4H3. The molecule has 0 heterocycles. The van der Waals surface area contributed by atoms with Crippen molar-refractivity contribution < 1.29 is 22.4 Å². The number of nitriles is 1. The summed E-state index contributed by atoms with van der Waals surface area (Å²) in [6.45, 7) is 18.0. The van der Waals surface area contributed by atoms with E-state index in [-0.39, 0.29) is 12.2 Å². The second kappa shape index (κ2) is 13.3. The van der Waals surface area contributed by atoms with Crippen molar-refractivity contribution >= 4 is 17.2 Å². The molecule has 7 heteroatoms. The average Bonchev–Trinajstić information content (AvgIpc) is 2.62. The summed E-state index contributed by atoms with van der Waals surface area (Å²) in [5.74, 6) is -0.781. The quantitative estimate of drug-likeness (QED) is 0.328. The fraction of sp³-hybridized carbons (Fsp3) is 0.640. The third-order valence-electron chi connectivity index (χ3n) is 4.00. The summed E-state index contributed by atoms with van der Waals surface area (Å²) in [4.78, 5) is 15.0. The highest BCUT2D eigenvalue weighted by molar-refractivity contribution is 5.84. The van der Waals surface area contributed by atoms with Gasteiger partial charge in [0.1, 0.15) is 17.3 Å². The fourth-order valence-corrected chi connectivity index (χ4v) is 1.93. The van der Waals surface area contributed by atoms with Crippen molar-refractivity contribution in [1.82, 2.24) is 0 Å². The Hall–Kier alpha value is -2.23. The lowest BCUT2D eigenvalue weighted by Crippen LogP contribution is -2.34. The van der Waals surface area contributed by atoms with Crippen LogP contribution in [0.15, 0.2) is 17.1 Å². The molecule has 1 rings (SSSR count). The van der Waals surface area contributed by atoms with Gasteiger partial charge in [0, 0.05) is 18.6 Å². The first-order valence-corrected chi connectivity index (χ1v) is 10.6. The van der Waals surface area contributed by atoms with E-state index in [9.17, 15) is 22.4 Å². The summed E-state index contributed by atoms with van der Waals surface area (Å²) in [6.07, 6.45) is -3.76.